The van der Waals surface area contributed by atoms with Gasteiger partial charge in [0, 0.05) is 25.7 Å². The number of carbonyl (C=O) groups excluding carboxylic acids is 4. The Morgan fingerprint density at radius 2 is 0.648 bits per heavy atom. The van der Waals surface area contributed by atoms with Crippen molar-refractivity contribution in [2.45, 2.75) is 219 Å². The molecule has 0 aliphatic carbocycles. The molecule has 0 aromatic carbocycles. The van der Waals surface area contributed by atoms with Crippen molar-refractivity contribution in [2.24, 2.45) is 23.7 Å². The molecule has 5 aliphatic rings. The SMILES string of the molecule is CC[C@H]1C[C@@H]2CC[C@@H](O2)[C@@H](C)C(=O)O[C@H](C)C[C@H]2CC[C@H](O2)[C@H](C)C(=O)O[C@@H](CC)C[C@@H]2CC[C@@H](O2)[C@@H](C)C(=O)O[C@H](C)C[C@H]2CC[C@H](O2)[C@H](C)C(=O)O1. The molecule has 8 bridgehead atoms. The summed E-state index contributed by atoms with van der Waals surface area (Å²) in [5, 5.41) is 0. The van der Waals surface area contributed by atoms with Gasteiger partial charge in [-0.1, -0.05) is 13.8 Å². The maximum Gasteiger partial charge on any atom is 0.311 e. The van der Waals surface area contributed by atoms with Gasteiger partial charge in [0.05, 0.1) is 72.5 Å². The summed E-state index contributed by atoms with van der Waals surface area (Å²) in [6, 6.07) is 0. The highest BCUT2D eigenvalue weighted by Crippen LogP contribution is 2.35. The first-order valence-corrected chi connectivity index (χ1v) is 21.2. The number of cyclic esters (lactones) is 4. The summed E-state index contributed by atoms with van der Waals surface area (Å²) in [6.45, 7) is 15.2. The number of rotatable bonds is 2. The molecule has 5 heterocycles. The predicted molar refractivity (Wildman–Crippen MR) is 198 cm³/mol. The molecule has 5 saturated heterocycles. The Morgan fingerprint density at radius 3 is 0.926 bits per heavy atom. The van der Waals surface area contributed by atoms with Crippen molar-refractivity contribution in [3.05, 3.63) is 0 Å². The lowest BCUT2D eigenvalue weighted by atomic mass is 9.99. The topological polar surface area (TPSA) is 142 Å². The van der Waals surface area contributed by atoms with E-state index >= 15 is 0 Å². The van der Waals surface area contributed by atoms with Crippen LogP contribution in [0.25, 0.3) is 0 Å². The van der Waals surface area contributed by atoms with E-state index in [0.29, 0.717) is 38.5 Å². The largest absolute Gasteiger partial charge is 0.462 e. The molecular formula is C42H68O12. The van der Waals surface area contributed by atoms with E-state index in [1.54, 1.807) is 0 Å². The molecule has 0 unspecified atom stereocenters. The molecule has 54 heavy (non-hydrogen) atoms. The van der Waals surface area contributed by atoms with Gasteiger partial charge in [-0.2, -0.15) is 0 Å². The Morgan fingerprint density at radius 1 is 0.389 bits per heavy atom. The van der Waals surface area contributed by atoms with E-state index in [1.165, 1.54) is 0 Å². The van der Waals surface area contributed by atoms with Crippen molar-refractivity contribution < 1.29 is 57.1 Å². The normalized spacial score (nSPS) is 44.0. The van der Waals surface area contributed by atoms with Crippen LogP contribution in [0.1, 0.15) is 145 Å². The highest BCUT2D eigenvalue weighted by molar-refractivity contribution is 5.74. The zero-order valence-corrected chi connectivity index (χ0v) is 34.0. The van der Waals surface area contributed by atoms with Crippen LogP contribution in [0.5, 0.6) is 0 Å². The van der Waals surface area contributed by atoms with Gasteiger partial charge in [-0.25, -0.2) is 0 Å². The van der Waals surface area contributed by atoms with E-state index in [9.17, 15) is 19.2 Å². The highest BCUT2D eigenvalue weighted by Gasteiger charge is 2.41. The summed E-state index contributed by atoms with van der Waals surface area (Å²) < 4.78 is 49.0. The van der Waals surface area contributed by atoms with E-state index in [4.69, 9.17) is 37.9 Å². The van der Waals surface area contributed by atoms with Crippen LogP contribution in [-0.2, 0) is 57.1 Å². The predicted octanol–water partition coefficient (Wildman–Crippen LogP) is 6.80. The summed E-state index contributed by atoms with van der Waals surface area (Å²) in [7, 11) is 0. The Kier molecular flexibility index (Phi) is 15.7. The van der Waals surface area contributed by atoms with E-state index in [0.717, 1.165) is 51.4 Å². The molecule has 0 amide bonds. The number of hydrogen-bond donors (Lipinski definition) is 0. The minimum Gasteiger partial charge on any atom is -0.462 e. The summed E-state index contributed by atoms with van der Waals surface area (Å²) in [4.78, 5) is 53.0. The molecule has 0 aromatic heterocycles. The van der Waals surface area contributed by atoms with Gasteiger partial charge in [0.15, 0.2) is 0 Å². The molecular weight excluding hydrogens is 696 g/mol. The standard InChI is InChI=1S/C42H68O12/c1-9-29-21-33-13-17-35(51-33)25(5)39(43)47-24(4)20-32-12-16-38(50-32)28(8)42(46)54-30(10-2)22-34-14-18-36(52-34)26(6)40(44)48-23(3)19-31-11-15-37(49-31)27(7)41(45)53-29/h23-38H,9-22H2,1-8H3/t23-,24-,25-,26-,27+,28+,29+,30+,31-,32-,33+,34+,35-,36-,37+,38+/m1/s1. The van der Waals surface area contributed by atoms with Gasteiger partial charge in [0.2, 0.25) is 0 Å². The Bertz CT molecular complexity index is 1160. The van der Waals surface area contributed by atoms with Gasteiger partial charge in [0.1, 0.15) is 24.4 Å². The molecule has 5 aliphatic heterocycles. The fourth-order valence-electron chi connectivity index (χ4n) is 8.88. The van der Waals surface area contributed by atoms with Crippen molar-refractivity contribution in [2.75, 3.05) is 0 Å². The third-order valence-electron chi connectivity index (χ3n) is 12.6. The molecule has 12 nitrogen and oxygen atoms in total. The second kappa shape index (κ2) is 19.7. The molecule has 308 valence electrons. The molecule has 12 heteroatoms. The van der Waals surface area contributed by atoms with Crippen molar-refractivity contribution in [1.82, 2.24) is 0 Å². The van der Waals surface area contributed by atoms with Gasteiger partial charge < -0.3 is 37.9 Å². The van der Waals surface area contributed by atoms with Crippen LogP contribution >= 0.6 is 0 Å². The van der Waals surface area contributed by atoms with E-state index in [1.807, 2.05) is 55.4 Å². The van der Waals surface area contributed by atoms with E-state index < -0.39 is 23.7 Å². The van der Waals surface area contributed by atoms with Crippen molar-refractivity contribution in [3.63, 3.8) is 0 Å². The number of fused-ring (bicyclic) bond motifs is 8. The number of hydrogen-bond acceptors (Lipinski definition) is 12. The molecule has 0 saturated carbocycles. The zero-order valence-electron chi connectivity index (χ0n) is 34.0. The number of ether oxygens (including phenoxy) is 8. The first kappa shape index (κ1) is 42.9. The quantitative estimate of drug-likeness (QED) is 0.216. The van der Waals surface area contributed by atoms with Gasteiger partial charge in [-0.3, -0.25) is 19.2 Å². The lowest BCUT2D eigenvalue weighted by molar-refractivity contribution is -0.162. The summed E-state index contributed by atoms with van der Waals surface area (Å²) in [6.07, 6.45) is 6.72. The minimum absolute atomic E-state index is 0.115. The monoisotopic (exact) mass is 764 g/mol. The average molecular weight is 765 g/mol. The first-order valence-electron chi connectivity index (χ1n) is 21.2. The van der Waals surface area contributed by atoms with Crippen LogP contribution in [-0.4, -0.2) is 97.1 Å². The lowest BCUT2D eigenvalue weighted by Gasteiger charge is -2.26. The Balaban J connectivity index is 1.22. The van der Waals surface area contributed by atoms with E-state index in [-0.39, 0.29) is 97.1 Å². The maximum atomic E-state index is 13.3. The van der Waals surface area contributed by atoms with Crippen molar-refractivity contribution in [1.29, 1.82) is 0 Å². The fraction of sp³-hybridized carbons (Fsp3) is 0.905. The van der Waals surface area contributed by atoms with Crippen LogP contribution in [0.3, 0.4) is 0 Å². The average Bonchev–Trinajstić information content (AvgIpc) is 3.98. The van der Waals surface area contributed by atoms with Gasteiger partial charge in [-0.15, -0.1) is 0 Å². The molecule has 0 radical (unpaired) electrons. The zero-order chi connectivity index (χ0) is 39.1. The van der Waals surface area contributed by atoms with Gasteiger partial charge in [0.25, 0.3) is 0 Å². The first-order chi connectivity index (χ1) is 25.7. The Hall–Kier alpha value is -2.28. The van der Waals surface area contributed by atoms with Crippen LogP contribution in [0.15, 0.2) is 0 Å². The number of carbonyl (C=O) groups is 4. The smallest absolute Gasteiger partial charge is 0.311 e. The molecule has 5 rings (SSSR count). The fourth-order valence-corrected chi connectivity index (χ4v) is 8.88. The third kappa shape index (κ3) is 11.4. The summed E-state index contributed by atoms with van der Waals surface area (Å²) in [5.74, 6) is -2.88. The second-order valence-corrected chi connectivity index (χ2v) is 17.0. The van der Waals surface area contributed by atoms with Crippen LogP contribution < -0.4 is 0 Å². The maximum absolute atomic E-state index is 13.3. The molecule has 0 aromatic rings. The Labute approximate surface area is 322 Å². The van der Waals surface area contributed by atoms with Gasteiger partial charge in [-0.05, 0) is 106 Å². The van der Waals surface area contributed by atoms with Gasteiger partial charge >= 0.3 is 23.9 Å². The molecule has 16 atom stereocenters. The molecule has 0 spiro atoms. The highest BCUT2D eigenvalue weighted by atomic mass is 16.6. The van der Waals surface area contributed by atoms with Crippen LogP contribution in [0.2, 0.25) is 0 Å². The molecule has 0 N–H and O–H groups in total. The number of esters is 4. The third-order valence-corrected chi connectivity index (χ3v) is 12.6. The van der Waals surface area contributed by atoms with Crippen LogP contribution in [0.4, 0.5) is 0 Å². The van der Waals surface area contributed by atoms with E-state index in [2.05, 4.69) is 0 Å². The minimum atomic E-state index is -0.435. The summed E-state index contributed by atoms with van der Waals surface area (Å²) >= 11 is 0. The van der Waals surface area contributed by atoms with Crippen molar-refractivity contribution >= 4 is 23.9 Å². The lowest BCUT2D eigenvalue weighted by Crippen LogP contribution is -2.34. The second-order valence-electron chi connectivity index (χ2n) is 17.0. The van der Waals surface area contributed by atoms with Crippen molar-refractivity contribution in [3.8, 4) is 0 Å². The van der Waals surface area contributed by atoms with Crippen LogP contribution in [0, 0.1) is 23.7 Å². The summed E-state index contributed by atoms with van der Waals surface area (Å²) in [5.41, 5.74) is 0. The molecule has 5 fully saturated rings.